The molecule has 2 aliphatic carbocycles. The number of aliphatic hydroxyl groups is 1. The fourth-order valence-corrected chi connectivity index (χ4v) is 6.33. The second-order valence-electron chi connectivity index (χ2n) is 12.7. The van der Waals surface area contributed by atoms with Crippen LogP contribution in [0.15, 0.2) is 126 Å². The Labute approximate surface area is 293 Å². The van der Waals surface area contributed by atoms with E-state index >= 15 is 0 Å². The maximum absolute atomic E-state index is 13.4. The highest BCUT2D eigenvalue weighted by Crippen LogP contribution is 2.39. The molecule has 0 spiro atoms. The number of aliphatic carboxylic acids is 2. The number of anilines is 1. The third-order valence-corrected chi connectivity index (χ3v) is 9.04. The van der Waals surface area contributed by atoms with Crippen molar-refractivity contribution < 1.29 is 34.3 Å². The Morgan fingerprint density at radius 1 is 0.640 bits per heavy atom. The summed E-state index contributed by atoms with van der Waals surface area (Å²) >= 11 is 0. The van der Waals surface area contributed by atoms with Crippen LogP contribution >= 0.6 is 0 Å². The summed E-state index contributed by atoms with van der Waals surface area (Å²) in [7, 11) is 0. The molecule has 0 fully saturated rings. The van der Waals surface area contributed by atoms with Gasteiger partial charge in [0.15, 0.2) is 12.3 Å². The van der Waals surface area contributed by atoms with Crippen molar-refractivity contribution in [2.45, 2.75) is 64.5 Å². The van der Waals surface area contributed by atoms with E-state index in [-0.39, 0.29) is 24.4 Å². The van der Waals surface area contributed by atoms with Gasteiger partial charge in [0.1, 0.15) is 12.3 Å². The molecule has 3 aromatic carbocycles. The average molecular weight is 674 g/mol. The van der Waals surface area contributed by atoms with Crippen LogP contribution in [0.1, 0.15) is 68.1 Å². The predicted octanol–water partition coefficient (Wildman–Crippen LogP) is 7.91. The van der Waals surface area contributed by atoms with Crippen LogP contribution < -0.4 is 4.90 Å². The van der Waals surface area contributed by atoms with Crippen LogP contribution in [0.25, 0.3) is 5.57 Å². The second-order valence-corrected chi connectivity index (χ2v) is 12.7. The van der Waals surface area contributed by atoms with E-state index < -0.39 is 11.9 Å². The van der Waals surface area contributed by atoms with Crippen molar-refractivity contribution >= 4 is 34.7 Å². The number of rotatable bonds is 18. The van der Waals surface area contributed by atoms with E-state index in [1.807, 2.05) is 85.0 Å². The number of carbonyl (C=O) groups excluding carboxylic acids is 1. The van der Waals surface area contributed by atoms with Crippen LogP contribution in [-0.2, 0) is 27.5 Å². The largest absolute Gasteiger partial charge is 0.506 e. The molecule has 3 N–H and O–H groups in total. The summed E-state index contributed by atoms with van der Waals surface area (Å²) in [5.41, 5.74) is 6.26. The second kappa shape index (κ2) is 17.8. The van der Waals surface area contributed by atoms with Gasteiger partial charge in [0.25, 0.3) is 0 Å². The lowest BCUT2D eigenvalue weighted by molar-refractivity contribution is -0.543. The molecule has 50 heavy (non-hydrogen) atoms. The van der Waals surface area contributed by atoms with Gasteiger partial charge in [-0.05, 0) is 66.7 Å². The number of nitrogens with zero attached hydrogens (tertiary/aromatic N) is 2. The number of allylic oxidation sites excluding steroid dienone is 7. The molecule has 8 nitrogen and oxygen atoms in total. The molecule has 258 valence electrons. The molecule has 0 unspecified atom stereocenters. The number of unbranched alkanes of at least 4 members (excludes halogenated alkanes) is 4. The smallest absolute Gasteiger partial charge is 0.303 e. The molecule has 0 atom stereocenters. The molecule has 0 saturated heterocycles. The van der Waals surface area contributed by atoms with Gasteiger partial charge in [0.05, 0.1) is 11.1 Å². The SMILES string of the molecule is O=C(O)CCCCCN(Cc1ccccc1)c1ccc(C2=C(O)C(=C3C=CC(=[N+](CCCCCC(=O)O)Cc4ccccc4)C=C3)C2=O)cc1. The molecule has 5 rings (SSSR count). The minimum Gasteiger partial charge on any atom is -0.506 e. The number of carbonyl (C=O) groups is 3. The van der Waals surface area contributed by atoms with Crippen molar-refractivity contribution in [1.29, 1.82) is 0 Å². The summed E-state index contributed by atoms with van der Waals surface area (Å²) in [6, 6.07) is 28.0. The van der Waals surface area contributed by atoms with Crippen LogP contribution in [0.3, 0.4) is 0 Å². The molecule has 0 aromatic heterocycles. The van der Waals surface area contributed by atoms with Crippen molar-refractivity contribution in [3.63, 3.8) is 0 Å². The van der Waals surface area contributed by atoms with Crippen molar-refractivity contribution in [3.8, 4) is 0 Å². The Kier molecular flexibility index (Phi) is 12.7. The number of hydrogen-bond acceptors (Lipinski definition) is 5. The lowest BCUT2D eigenvalue weighted by Gasteiger charge is -2.27. The third-order valence-electron chi connectivity index (χ3n) is 9.04. The molecule has 0 saturated carbocycles. The van der Waals surface area contributed by atoms with Crippen LogP contribution in [0.5, 0.6) is 0 Å². The lowest BCUT2D eigenvalue weighted by atomic mass is 9.80. The maximum atomic E-state index is 13.4. The van der Waals surface area contributed by atoms with Gasteiger partial charge in [-0.25, -0.2) is 4.58 Å². The molecular weight excluding hydrogens is 628 g/mol. The van der Waals surface area contributed by atoms with Crippen LogP contribution in [0, 0.1) is 0 Å². The van der Waals surface area contributed by atoms with E-state index in [1.54, 1.807) is 0 Å². The number of aliphatic hydroxyl groups excluding tert-OH is 1. The Bertz CT molecular complexity index is 1800. The first kappa shape index (κ1) is 35.8. The topological polar surface area (TPSA) is 118 Å². The zero-order valence-electron chi connectivity index (χ0n) is 28.3. The quantitative estimate of drug-likeness (QED) is 0.0714. The van der Waals surface area contributed by atoms with E-state index in [2.05, 4.69) is 33.7 Å². The Balaban J connectivity index is 1.30. The molecule has 2 aliphatic rings. The minimum atomic E-state index is -0.772. The monoisotopic (exact) mass is 673 g/mol. The molecule has 8 heteroatoms. The number of Topliss-reactive ketones (excluding diaryl/α,β-unsaturated/α-hetero) is 1. The van der Waals surface area contributed by atoms with Gasteiger partial charge >= 0.3 is 11.9 Å². The number of hydrogen-bond donors (Lipinski definition) is 3. The fourth-order valence-electron chi connectivity index (χ4n) is 6.33. The number of carboxylic acids is 2. The maximum Gasteiger partial charge on any atom is 0.303 e. The molecule has 0 amide bonds. The lowest BCUT2D eigenvalue weighted by Crippen LogP contribution is -2.25. The van der Waals surface area contributed by atoms with Gasteiger partial charge in [-0.3, -0.25) is 14.4 Å². The number of benzene rings is 3. The number of carboxylic acid groups (broad SMARTS) is 2. The summed E-state index contributed by atoms with van der Waals surface area (Å²) in [5, 5.41) is 29.1. The van der Waals surface area contributed by atoms with Gasteiger partial charge in [-0.15, -0.1) is 0 Å². The minimum absolute atomic E-state index is 0.00496. The molecule has 0 radical (unpaired) electrons. The molecule has 3 aromatic rings. The van der Waals surface area contributed by atoms with Gasteiger partial charge in [0.2, 0.25) is 5.78 Å². The summed E-state index contributed by atoms with van der Waals surface area (Å²) in [5.74, 6) is -1.74. The average Bonchev–Trinajstić information content (AvgIpc) is 3.12. The normalized spacial score (nSPS) is 13.8. The van der Waals surface area contributed by atoms with E-state index in [1.165, 1.54) is 11.1 Å². The first-order valence-electron chi connectivity index (χ1n) is 17.4. The van der Waals surface area contributed by atoms with Crippen LogP contribution in [-0.4, -0.2) is 56.4 Å². The van der Waals surface area contributed by atoms with E-state index in [4.69, 9.17) is 10.2 Å². The highest BCUT2D eigenvalue weighted by molar-refractivity contribution is 6.39. The standard InChI is InChI=1S/C42H44N2O6/c45-37(46)17-9-3-11-27-43(29-31-13-5-1-6-14-31)35-23-19-33(20-24-35)39-41(49)40(42(39)50)34-21-25-36(26-22-34)44(28-12-4-10-18-38(47)48)30-32-15-7-2-8-16-32/h1-2,5-8,13-16,19-26H,3-4,9-12,17-18,27-30H2,(H2-,45,46,47,48,49,50)/p+1. The van der Waals surface area contributed by atoms with E-state index in [0.717, 1.165) is 50.2 Å². The summed E-state index contributed by atoms with van der Waals surface area (Å²) < 4.78 is 2.26. The summed E-state index contributed by atoms with van der Waals surface area (Å²) in [6.45, 7) is 2.94. The molecule has 0 bridgehead atoms. The zero-order chi connectivity index (χ0) is 35.3. The van der Waals surface area contributed by atoms with Crippen molar-refractivity contribution in [3.05, 3.63) is 143 Å². The summed E-state index contributed by atoms with van der Waals surface area (Å²) in [4.78, 5) is 37.5. The Morgan fingerprint density at radius 3 is 1.80 bits per heavy atom. The van der Waals surface area contributed by atoms with Crippen LogP contribution in [0.4, 0.5) is 5.69 Å². The van der Waals surface area contributed by atoms with Gasteiger partial charge < -0.3 is 20.2 Å². The highest BCUT2D eigenvalue weighted by atomic mass is 16.4. The highest BCUT2D eigenvalue weighted by Gasteiger charge is 2.36. The van der Waals surface area contributed by atoms with Crippen molar-refractivity contribution in [2.24, 2.45) is 0 Å². The van der Waals surface area contributed by atoms with E-state index in [9.17, 15) is 19.5 Å². The van der Waals surface area contributed by atoms with Crippen LogP contribution in [0.2, 0.25) is 0 Å². The third kappa shape index (κ3) is 9.78. The first-order chi connectivity index (χ1) is 24.3. The van der Waals surface area contributed by atoms with Gasteiger partial charge in [-0.1, -0.05) is 79.2 Å². The van der Waals surface area contributed by atoms with Gasteiger partial charge in [-0.2, -0.15) is 0 Å². The Morgan fingerprint density at radius 2 is 1.22 bits per heavy atom. The van der Waals surface area contributed by atoms with Crippen molar-refractivity contribution in [2.75, 3.05) is 18.0 Å². The van der Waals surface area contributed by atoms with Crippen molar-refractivity contribution in [1.82, 2.24) is 0 Å². The summed E-state index contributed by atoms with van der Waals surface area (Å²) in [6.07, 6.45) is 12.7. The number of ketones is 1. The predicted molar refractivity (Wildman–Crippen MR) is 196 cm³/mol. The van der Waals surface area contributed by atoms with E-state index in [0.29, 0.717) is 48.2 Å². The fraction of sp³-hybridized carbons (Fsp3) is 0.286. The molecule has 0 aliphatic heterocycles. The molecular formula is C42H45N2O6+. The van der Waals surface area contributed by atoms with Gasteiger partial charge in [0, 0.05) is 55.8 Å². The molecule has 0 heterocycles. The Hall–Kier alpha value is -5.50. The zero-order valence-corrected chi connectivity index (χ0v) is 28.3. The first-order valence-corrected chi connectivity index (χ1v) is 17.4.